The molecule has 1 aromatic carbocycles. The minimum Gasteiger partial charge on any atom is -1.00 e. The molecule has 3 saturated carbocycles. The number of fused-ring (bicyclic) bond motifs is 2. The molecule has 11 nitrogen and oxygen atoms in total. The van der Waals surface area contributed by atoms with E-state index in [1.807, 2.05) is 21.1 Å². The molecule has 4 rings (SSSR count). The van der Waals surface area contributed by atoms with Crippen LogP contribution in [0.1, 0.15) is 83.3 Å². The molecule has 3 aliphatic carbocycles. The van der Waals surface area contributed by atoms with Crippen molar-refractivity contribution in [1.82, 2.24) is 0 Å². The lowest BCUT2D eigenvalue weighted by molar-refractivity contribution is -0.862. The smallest absolute Gasteiger partial charge is 0.367 e. The zero-order valence-corrected chi connectivity index (χ0v) is 27.9. The summed E-state index contributed by atoms with van der Waals surface area (Å²) in [5.41, 5.74) is -0.503. The van der Waals surface area contributed by atoms with Crippen LogP contribution in [0.25, 0.3) is 0 Å². The summed E-state index contributed by atoms with van der Waals surface area (Å²) in [4.78, 5) is 53.5. The van der Waals surface area contributed by atoms with Crippen LogP contribution in [-0.4, -0.2) is 73.3 Å². The number of ketones is 1. The maximum atomic E-state index is 13.1. The van der Waals surface area contributed by atoms with Gasteiger partial charge in [0.15, 0.2) is 6.54 Å². The van der Waals surface area contributed by atoms with Crippen molar-refractivity contribution in [3.63, 3.8) is 0 Å². The van der Waals surface area contributed by atoms with Gasteiger partial charge in [-0.25, -0.2) is 4.79 Å². The van der Waals surface area contributed by atoms with Gasteiger partial charge in [-0.15, -0.1) is 10.1 Å². The van der Waals surface area contributed by atoms with E-state index in [1.165, 1.54) is 6.07 Å². The van der Waals surface area contributed by atoms with Crippen molar-refractivity contribution >= 4 is 17.7 Å². The van der Waals surface area contributed by atoms with Crippen molar-refractivity contribution in [2.75, 3.05) is 40.9 Å². The summed E-state index contributed by atoms with van der Waals surface area (Å²) in [6.45, 7) is 7.81. The highest BCUT2D eigenvalue weighted by molar-refractivity contribution is 5.87. The van der Waals surface area contributed by atoms with E-state index in [0.29, 0.717) is 34.9 Å². The number of aromatic hydroxyl groups is 1. The van der Waals surface area contributed by atoms with E-state index in [2.05, 4.69) is 18.7 Å². The summed E-state index contributed by atoms with van der Waals surface area (Å²) in [6, 6.07) is 3.15. The maximum absolute atomic E-state index is 13.1. The van der Waals surface area contributed by atoms with E-state index in [4.69, 9.17) is 9.47 Å². The van der Waals surface area contributed by atoms with Gasteiger partial charge in [-0.05, 0) is 68.6 Å². The van der Waals surface area contributed by atoms with Gasteiger partial charge in [-0.3, -0.25) is 9.59 Å². The minimum absolute atomic E-state index is 0. The Kier molecular flexibility index (Phi) is 11.8. The SMILES string of the molecule is CC(C)(C(=O)OCCCCCCO[N+](=O)[O-])c1cc(O)c([C@H]2CC(=O)[C@H]3C[C@H]2C3(C)C)c(OC(=O)C[N+](C)(C)C)c1.[I-]. The number of benzene rings is 1. The molecule has 0 spiro atoms. The lowest BCUT2D eigenvalue weighted by Crippen LogP contribution is -3.00. The van der Waals surface area contributed by atoms with Gasteiger partial charge >= 0.3 is 11.9 Å². The molecule has 12 heteroatoms. The van der Waals surface area contributed by atoms with Gasteiger partial charge in [0.2, 0.25) is 0 Å². The predicted octanol–water partition coefficient (Wildman–Crippen LogP) is 1.32. The van der Waals surface area contributed by atoms with E-state index in [-0.39, 0.29) is 90.6 Å². The summed E-state index contributed by atoms with van der Waals surface area (Å²) < 4.78 is 11.7. The molecular formula is C30H45IN2O9. The molecule has 3 fully saturated rings. The molecule has 42 heavy (non-hydrogen) atoms. The molecule has 0 aliphatic heterocycles. The second-order valence-electron chi connectivity index (χ2n) is 13.6. The van der Waals surface area contributed by atoms with Gasteiger partial charge in [0.05, 0.1) is 39.8 Å². The Hall–Kier alpha value is -2.48. The Morgan fingerprint density at radius 1 is 1.12 bits per heavy atom. The first-order valence-corrected chi connectivity index (χ1v) is 14.3. The number of carbonyl (C=O) groups is 3. The number of ether oxygens (including phenoxy) is 2. The number of phenols is 1. The molecule has 0 heterocycles. The molecule has 0 aromatic heterocycles. The van der Waals surface area contributed by atoms with Crippen LogP contribution in [-0.2, 0) is 29.4 Å². The fourth-order valence-electron chi connectivity index (χ4n) is 6.13. The number of hydrogen-bond donors (Lipinski definition) is 1. The molecular weight excluding hydrogens is 659 g/mol. The molecule has 0 unspecified atom stereocenters. The lowest BCUT2D eigenvalue weighted by Gasteiger charge is -2.59. The van der Waals surface area contributed by atoms with E-state index < -0.39 is 22.4 Å². The molecule has 3 aliphatic rings. The summed E-state index contributed by atoms with van der Waals surface area (Å²) in [5, 5.41) is 20.7. The summed E-state index contributed by atoms with van der Waals surface area (Å²) in [6.07, 6.45) is 3.56. The third kappa shape index (κ3) is 8.33. The number of likely N-dealkylation sites (N-methyl/N-ethyl adjacent to an activating group) is 1. The van der Waals surface area contributed by atoms with Crippen molar-refractivity contribution in [2.24, 2.45) is 17.3 Å². The normalized spacial score (nSPS) is 21.0. The second-order valence-corrected chi connectivity index (χ2v) is 13.6. The average Bonchev–Trinajstić information content (AvgIpc) is 2.83. The van der Waals surface area contributed by atoms with E-state index in [9.17, 15) is 29.6 Å². The largest absolute Gasteiger partial charge is 1.00 e. The molecule has 1 aromatic rings. The molecule has 1 N–H and O–H groups in total. The van der Waals surface area contributed by atoms with Crippen LogP contribution in [0.3, 0.4) is 0 Å². The van der Waals surface area contributed by atoms with Crippen molar-refractivity contribution < 1.29 is 67.3 Å². The predicted molar refractivity (Wildman–Crippen MR) is 150 cm³/mol. The quantitative estimate of drug-likeness (QED) is 0.0578. The van der Waals surface area contributed by atoms with Crippen molar-refractivity contribution in [3.05, 3.63) is 33.4 Å². The van der Waals surface area contributed by atoms with Gasteiger partial charge < -0.3 is 47.9 Å². The Morgan fingerprint density at radius 3 is 2.29 bits per heavy atom. The standard InChI is InChI=1S/C30H44N2O9.HI/c1-29(2,28(36)39-12-10-8-9-11-13-40-31(37)38)19-14-24(34)27(25(15-19)41-26(35)18-32(5,6)7)20-16-23(33)22-17-21(20)30(22,3)4;/h14-15,20-22H,8-13,16-18H2,1-7H3;1H/t20-,21+,22+;/m0./s1. The minimum atomic E-state index is -1.17. The Labute approximate surface area is 265 Å². The molecule has 2 bridgehead atoms. The Bertz CT molecular complexity index is 1180. The first-order valence-electron chi connectivity index (χ1n) is 14.3. The first-order chi connectivity index (χ1) is 18.9. The fourth-order valence-corrected chi connectivity index (χ4v) is 6.13. The van der Waals surface area contributed by atoms with Crippen molar-refractivity contribution in [3.8, 4) is 11.5 Å². The average molecular weight is 705 g/mol. The summed E-state index contributed by atoms with van der Waals surface area (Å²) in [5.74, 6) is -0.882. The van der Waals surface area contributed by atoms with E-state index >= 15 is 0 Å². The van der Waals surface area contributed by atoms with Crippen LogP contribution in [0.15, 0.2) is 12.1 Å². The molecule has 0 radical (unpaired) electrons. The number of carbonyl (C=O) groups excluding carboxylic acids is 3. The Morgan fingerprint density at radius 2 is 1.74 bits per heavy atom. The number of hydrogen-bond acceptors (Lipinski definition) is 9. The molecule has 0 saturated heterocycles. The zero-order chi connectivity index (χ0) is 30.8. The third-order valence-corrected chi connectivity index (χ3v) is 8.66. The van der Waals surface area contributed by atoms with Crippen LogP contribution in [0.2, 0.25) is 0 Å². The zero-order valence-electron chi connectivity index (χ0n) is 25.7. The number of unbranched alkanes of at least 4 members (excludes halogenated alkanes) is 3. The van der Waals surface area contributed by atoms with Crippen LogP contribution in [0.4, 0.5) is 0 Å². The molecule has 3 atom stereocenters. The highest BCUT2D eigenvalue weighted by Gasteiger charge is 2.59. The van der Waals surface area contributed by atoms with E-state index in [1.54, 1.807) is 19.9 Å². The van der Waals surface area contributed by atoms with E-state index in [0.717, 1.165) is 12.8 Å². The van der Waals surface area contributed by atoms with Crippen LogP contribution in [0.5, 0.6) is 11.5 Å². The number of rotatable bonds is 14. The topological polar surface area (TPSA) is 142 Å². The first kappa shape index (κ1) is 35.7. The van der Waals surface area contributed by atoms with Crippen molar-refractivity contribution in [2.45, 2.75) is 77.6 Å². The fraction of sp³-hybridized carbons (Fsp3) is 0.700. The third-order valence-electron chi connectivity index (χ3n) is 8.66. The number of esters is 2. The van der Waals surface area contributed by atoms with Gasteiger partial charge in [-0.1, -0.05) is 20.3 Å². The Balaban J connectivity index is 0.00000616. The molecule has 236 valence electrons. The summed E-state index contributed by atoms with van der Waals surface area (Å²) >= 11 is 0. The maximum Gasteiger partial charge on any atom is 0.367 e. The summed E-state index contributed by atoms with van der Waals surface area (Å²) in [7, 11) is 5.60. The monoisotopic (exact) mass is 704 g/mol. The number of nitrogens with zero attached hydrogens (tertiary/aromatic N) is 2. The number of halogens is 1. The highest BCUT2D eigenvalue weighted by Crippen LogP contribution is 2.64. The van der Waals surface area contributed by atoms with Gasteiger partial charge in [0.1, 0.15) is 17.3 Å². The van der Waals surface area contributed by atoms with Gasteiger partial charge in [0.25, 0.3) is 5.09 Å². The number of phenolic OH excluding ortho intramolecular Hbond substituents is 1. The highest BCUT2D eigenvalue weighted by atomic mass is 127. The number of quaternary nitrogens is 1. The van der Waals surface area contributed by atoms with Crippen LogP contribution in [0, 0.1) is 27.4 Å². The lowest BCUT2D eigenvalue weighted by atomic mass is 9.44. The second kappa shape index (κ2) is 13.9. The molecule has 0 amide bonds. The van der Waals surface area contributed by atoms with Gasteiger partial charge in [-0.2, -0.15) is 0 Å². The van der Waals surface area contributed by atoms with Crippen LogP contribution >= 0.6 is 0 Å². The number of Topliss-reactive ketones (excluding diaryl/α,β-unsaturated/α-hetero) is 1. The van der Waals surface area contributed by atoms with Crippen molar-refractivity contribution in [1.29, 1.82) is 0 Å². The van der Waals surface area contributed by atoms with Gasteiger partial charge in [0, 0.05) is 23.8 Å². The van der Waals surface area contributed by atoms with Crippen LogP contribution < -0.4 is 28.7 Å².